The maximum absolute atomic E-state index is 4.49. The van der Waals surface area contributed by atoms with Crippen LogP contribution in [0.3, 0.4) is 0 Å². The fourth-order valence-corrected chi connectivity index (χ4v) is 3.82. The summed E-state index contributed by atoms with van der Waals surface area (Å²) in [5.74, 6) is 0.965. The molecule has 1 aliphatic rings. The molecule has 1 aromatic carbocycles. The largest absolute Gasteiger partial charge is 0.351 e. The van der Waals surface area contributed by atoms with E-state index in [1.165, 1.54) is 11.1 Å². The summed E-state index contributed by atoms with van der Waals surface area (Å²) in [6.07, 6.45) is 2.98. The number of pyridine rings is 1. The van der Waals surface area contributed by atoms with Gasteiger partial charge in [0.15, 0.2) is 5.96 Å². The molecule has 0 saturated carbocycles. The summed E-state index contributed by atoms with van der Waals surface area (Å²) >= 11 is 0. The van der Waals surface area contributed by atoms with Crippen LogP contribution in [-0.4, -0.2) is 54.0 Å². The Kier molecular flexibility index (Phi) is 6.82. The second-order valence-corrected chi connectivity index (χ2v) is 7.03. The molecule has 0 radical (unpaired) electrons. The molecule has 1 N–H and O–H groups in total. The van der Waals surface area contributed by atoms with Crippen molar-refractivity contribution in [3.63, 3.8) is 0 Å². The first-order chi connectivity index (χ1) is 13.2. The minimum atomic E-state index is 0.500. The molecule has 1 unspecified atom stereocenters. The van der Waals surface area contributed by atoms with Crippen LogP contribution in [0.2, 0.25) is 0 Å². The third-order valence-electron chi connectivity index (χ3n) is 5.37. The standard InChI is InChI=1S/C22H31N5/c1-4-21(19-10-6-5-7-11-19)26-13-15-27(16-14-26)22(23-3)25-17-20-18(2)9-8-12-24-20/h5-12,21H,4,13-17H2,1-3H3,(H,23,25). The van der Waals surface area contributed by atoms with Gasteiger partial charge in [0.1, 0.15) is 0 Å². The van der Waals surface area contributed by atoms with Crippen LogP contribution >= 0.6 is 0 Å². The first-order valence-electron chi connectivity index (χ1n) is 9.88. The number of benzene rings is 1. The van der Waals surface area contributed by atoms with E-state index in [2.05, 4.69) is 75.3 Å². The molecule has 1 saturated heterocycles. The highest BCUT2D eigenvalue weighted by molar-refractivity contribution is 5.80. The van der Waals surface area contributed by atoms with E-state index in [0.29, 0.717) is 12.6 Å². The van der Waals surface area contributed by atoms with Gasteiger partial charge in [-0.05, 0) is 30.5 Å². The molecule has 1 aliphatic heterocycles. The number of rotatable bonds is 5. The number of guanidine groups is 1. The molecule has 0 aliphatic carbocycles. The molecule has 0 amide bonds. The lowest BCUT2D eigenvalue weighted by Crippen LogP contribution is -2.53. The zero-order valence-corrected chi connectivity index (χ0v) is 16.7. The number of nitrogens with one attached hydrogen (secondary N) is 1. The van der Waals surface area contributed by atoms with Crippen molar-refractivity contribution in [3.05, 3.63) is 65.5 Å². The maximum Gasteiger partial charge on any atom is 0.194 e. The van der Waals surface area contributed by atoms with Gasteiger partial charge >= 0.3 is 0 Å². The van der Waals surface area contributed by atoms with E-state index in [9.17, 15) is 0 Å². The maximum atomic E-state index is 4.49. The predicted molar refractivity (Wildman–Crippen MR) is 112 cm³/mol. The SMILES string of the molecule is CCC(c1ccccc1)N1CCN(C(=NC)NCc2ncccc2C)CC1. The van der Waals surface area contributed by atoms with Crippen LogP contribution in [0.25, 0.3) is 0 Å². The van der Waals surface area contributed by atoms with E-state index in [1.807, 2.05) is 19.3 Å². The molecule has 1 fully saturated rings. The quantitative estimate of drug-likeness (QED) is 0.653. The van der Waals surface area contributed by atoms with Crippen molar-refractivity contribution in [3.8, 4) is 0 Å². The normalized spacial score (nSPS) is 17.0. The summed E-state index contributed by atoms with van der Waals surface area (Å²) in [6.45, 7) is 9.17. The molecule has 0 bridgehead atoms. The van der Waals surface area contributed by atoms with Crippen molar-refractivity contribution in [1.82, 2.24) is 20.1 Å². The van der Waals surface area contributed by atoms with Gasteiger partial charge in [0.25, 0.3) is 0 Å². The van der Waals surface area contributed by atoms with Crippen molar-refractivity contribution in [2.24, 2.45) is 4.99 Å². The summed E-state index contributed by atoms with van der Waals surface area (Å²) in [5, 5.41) is 3.48. The van der Waals surface area contributed by atoms with Crippen molar-refractivity contribution >= 4 is 5.96 Å². The Morgan fingerprint density at radius 3 is 2.48 bits per heavy atom. The number of piperazine rings is 1. The number of hydrogen-bond donors (Lipinski definition) is 1. The Bertz CT molecular complexity index is 735. The van der Waals surface area contributed by atoms with Gasteiger partial charge in [-0.15, -0.1) is 0 Å². The molecule has 144 valence electrons. The molecule has 5 nitrogen and oxygen atoms in total. The smallest absolute Gasteiger partial charge is 0.194 e. The Labute approximate surface area is 163 Å². The third kappa shape index (κ3) is 4.86. The van der Waals surface area contributed by atoms with Gasteiger partial charge in [-0.2, -0.15) is 0 Å². The minimum absolute atomic E-state index is 0.500. The Balaban J connectivity index is 1.56. The van der Waals surface area contributed by atoms with Crippen LogP contribution in [0.4, 0.5) is 0 Å². The fourth-order valence-electron chi connectivity index (χ4n) is 3.82. The molecular weight excluding hydrogens is 334 g/mol. The molecule has 3 rings (SSSR count). The topological polar surface area (TPSA) is 43.8 Å². The predicted octanol–water partition coefficient (Wildman–Crippen LogP) is 3.23. The zero-order valence-electron chi connectivity index (χ0n) is 16.7. The number of hydrogen-bond acceptors (Lipinski definition) is 3. The number of nitrogens with zero attached hydrogens (tertiary/aromatic N) is 4. The van der Waals surface area contributed by atoms with Crippen LogP contribution in [0.15, 0.2) is 53.7 Å². The average molecular weight is 366 g/mol. The first kappa shape index (κ1) is 19.4. The number of aryl methyl sites for hydroxylation is 1. The molecule has 1 aromatic heterocycles. The van der Waals surface area contributed by atoms with Gasteiger partial charge in [-0.1, -0.05) is 43.3 Å². The van der Waals surface area contributed by atoms with Gasteiger partial charge < -0.3 is 10.2 Å². The highest BCUT2D eigenvalue weighted by Gasteiger charge is 2.25. The van der Waals surface area contributed by atoms with E-state index in [-0.39, 0.29) is 0 Å². The highest BCUT2D eigenvalue weighted by atomic mass is 15.3. The highest BCUT2D eigenvalue weighted by Crippen LogP contribution is 2.25. The Hall–Kier alpha value is -2.40. The summed E-state index contributed by atoms with van der Waals surface area (Å²) < 4.78 is 0. The van der Waals surface area contributed by atoms with Gasteiger partial charge in [0.2, 0.25) is 0 Å². The first-order valence-corrected chi connectivity index (χ1v) is 9.88. The summed E-state index contributed by atoms with van der Waals surface area (Å²) in [4.78, 5) is 13.9. The van der Waals surface area contributed by atoms with Gasteiger partial charge in [-0.25, -0.2) is 0 Å². The molecule has 2 aromatic rings. The summed E-state index contributed by atoms with van der Waals surface area (Å²) in [7, 11) is 1.86. The Morgan fingerprint density at radius 2 is 1.85 bits per heavy atom. The molecule has 2 heterocycles. The number of aromatic nitrogens is 1. The molecule has 0 spiro atoms. The van der Waals surface area contributed by atoms with Gasteiger partial charge in [-0.3, -0.25) is 14.9 Å². The lowest BCUT2D eigenvalue weighted by Gasteiger charge is -2.40. The Morgan fingerprint density at radius 1 is 1.11 bits per heavy atom. The van der Waals surface area contributed by atoms with Crippen LogP contribution in [0, 0.1) is 6.92 Å². The number of aliphatic imine (C=N–C) groups is 1. The molecule has 27 heavy (non-hydrogen) atoms. The monoisotopic (exact) mass is 365 g/mol. The summed E-state index contributed by atoms with van der Waals surface area (Å²) in [6, 6.07) is 15.4. The van der Waals surface area contributed by atoms with Crippen LogP contribution < -0.4 is 5.32 Å². The lowest BCUT2D eigenvalue weighted by molar-refractivity contribution is 0.127. The fraction of sp³-hybridized carbons (Fsp3) is 0.455. The molecule has 1 atom stereocenters. The van der Waals surface area contributed by atoms with Crippen molar-refractivity contribution < 1.29 is 0 Å². The van der Waals surface area contributed by atoms with E-state index >= 15 is 0 Å². The third-order valence-corrected chi connectivity index (χ3v) is 5.37. The average Bonchev–Trinajstić information content (AvgIpc) is 2.72. The minimum Gasteiger partial charge on any atom is -0.351 e. The summed E-state index contributed by atoms with van der Waals surface area (Å²) in [5.41, 5.74) is 3.70. The van der Waals surface area contributed by atoms with E-state index in [4.69, 9.17) is 0 Å². The van der Waals surface area contributed by atoms with Crippen molar-refractivity contribution in [2.45, 2.75) is 32.9 Å². The van der Waals surface area contributed by atoms with Crippen molar-refractivity contribution in [2.75, 3.05) is 33.2 Å². The van der Waals surface area contributed by atoms with Crippen LogP contribution in [0.5, 0.6) is 0 Å². The van der Waals surface area contributed by atoms with Gasteiger partial charge in [0, 0.05) is 45.5 Å². The molecule has 5 heteroatoms. The second kappa shape index (κ2) is 9.51. The molecular formula is C22H31N5. The van der Waals surface area contributed by atoms with E-state index < -0.39 is 0 Å². The van der Waals surface area contributed by atoms with Gasteiger partial charge in [0.05, 0.1) is 12.2 Å². The van der Waals surface area contributed by atoms with E-state index in [0.717, 1.165) is 44.3 Å². The zero-order chi connectivity index (χ0) is 19.1. The second-order valence-electron chi connectivity index (χ2n) is 7.03. The van der Waals surface area contributed by atoms with E-state index in [1.54, 1.807) is 0 Å². The van der Waals surface area contributed by atoms with Crippen LogP contribution in [-0.2, 0) is 6.54 Å². The van der Waals surface area contributed by atoms with Crippen molar-refractivity contribution in [1.29, 1.82) is 0 Å². The lowest BCUT2D eigenvalue weighted by atomic mass is 10.0. The van der Waals surface area contributed by atoms with Crippen LogP contribution in [0.1, 0.15) is 36.2 Å².